The molecule has 0 bridgehead atoms. The van der Waals surface area contributed by atoms with Gasteiger partial charge in [-0.15, -0.1) is 0 Å². The van der Waals surface area contributed by atoms with Gasteiger partial charge in [0.05, 0.1) is 12.7 Å². The first-order chi connectivity index (χ1) is 5.29. The minimum atomic E-state index is 0.596. The Morgan fingerprint density at radius 2 is 2.18 bits per heavy atom. The lowest BCUT2D eigenvalue weighted by molar-refractivity contribution is 0.398. The van der Waals surface area contributed by atoms with Gasteiger partial charge in [-0.3, -0.25) is 0 Å². The third-order valence-corrected chi connectivity index (χ3v) is 1.83. The molecule has 1 aliphatic heterocycles. The second-order valence-electron chi connectivity index (χ2n) is 3.63. The molecule has 0 aromatic rings. The van der Waals surface area contributed by atoms with Gasteiger partial charge in [0.1, 0.15) is 0 Å². The Kier molecular flexibility index (Phi) is 3.64. The van der Waals surface area contributed by atoms with Crippen LogP contribution in [-0.4, -0.2) is 12.7 Å². The Morgan fingerprint density at radius 3 is 2.73 bits per heavy atom. The molecule has 1 unspecified atom stereocenters. The van der Waals surface area contributed by atoms with E-state index in [1.165, 1.54) is 19.3 Å². The van der Waals surface area contributed by atoms with E-state index in [-0.39, 0.29) is 0 Å². The monoisotopic (exact) mass is 154 g/mol. The first kappa shape index (κ1) is 8.79. The fraction of sp³-hybridized carbons (Fsp3) is 0.800. The van der Waals surface area contributed by atoms with Crippen molar-refractivity contribution in [2.75, 3.05) is 6.61 Å². The normalized spacial score (nSPS) is 23.4. The van der Waals surface area contributed by atoms with E-state index in [2.05, 4.69) is 26.0 Å². The van der Waals surface area contributed by atoms with Gasteiger partial charge in [-0.1, -0.05) is 26.0 Å². The number of hydrogen-bond donors (Lipinski definition) is 0. The highest BCUT2D eigenvalue weighted by Crippen LogP contribution is 2.15. The zero-order chi connectivity index (χ0) is 8.10. The number of hydrogen-bond acceptors (Lipinski definition) is 1. The van der Waals surface area contributed by atoms with Gasteiger partial charge in [-0.05, 0) is 25.2 Å². The minimum absolute atomic E-state index is 0.596. The van der Waals surface area contributed by atoms with E-state index in [1.807, 2.05) is 0 Å². The molecule has 0 amide bonds. The van der Waals surface area contributed by atoms with E-state index < -0.39 is 0 Å². The van der Waals surface area contributed by atoms with Crippen molar-refractivity contribution in [3.63, 3.8) is 0 Å². The largest absolute Gasteiger partial charge is 0.373 e. The van der Waals surface area contributed by atoms with Crippen molar-refractivity contribution in [1.29, 1.82) is 0 Å². The molecule has 0 N–H and O–H groups in total. The Hall–Kier alpha value is -0.300. The number of epoxide rings is 1. The predicted molar refractivity (Wildman–Crippen MR) is 47.6 cm³/mol. The van der Waals surface area contributed by atoms with E-state index in [0.29, 0.717) is 6.10 Å². The SMILES string of the molecule is CC(C)C/C=C/CCC1CO1. The zero-order valence-electron chi connectivity index (χ0n) is 7.55. The van der Waals surface area contributed by atoms with Crippen LogP contribution in [0, 0.1) is 5.92 Å². The summed E-state index contributed by atoms with van der Waals surface area (Å²) in [5.74, 6) is 0.795. The third-order valence-electron chi connectivity index (χ3n) is 1.83. The van der Waals surface area contributed by atoms with Crippen LogP contribution in [0.4, 0.5) is 0 Å². The van der Waals surface area contributed by atoms with Crippen LogP contribution in [0.1, 0.15) is 33.1 Å². The minimum Gasteiger partial charge on any atom is -0.373 e. The maximum absolute atomic E-state index is 5.10. The summed E-state index contributed by atoms with van der Waals surface area (Å²) in [5.41, 5.74) is 0. The molecule has 1 heterocycles. The van der Waals surface area contributed by atoms with Crippen molar-refractivity contribution in [3.05, 3.63) is 12.2 Å². The van der Waals surface area contributed by atoms with Crippen molar-refractivity contribution < 1.29 is 4.74 Å². The quantitative estimate of drug-likeness (QED) is 0.438. The Balaban J connectivity index is 1.87. The van der Waals surface area contributed by atoms with Gasteiger partial charge in [0, 0.05) is 0 Å². The summed E-state index contributed by atoms with van der Waals surface area (Å²) in [7, 11) is 0. The van der Waals surface area contributed by atoms with Gasteiger partial charge >= 0.3 is 0 Å². The molecule has 1 aliphatic rings. The molecule has 0 spiro atoms. The zero-order valence-corrected chi connectivity index (χ0v) is 7.55. The predicted octanol–water partition coefficient (Wildman–Crippen LogP) is 2.77. The average Bonchev–Trinajstić information content (AvgIpc) is 2.70. The smallest absolute Gasteiger partial charge is 0.0812 e. The summed E-state index contributed by atoms with van der Waals surface area (Å²) in [6.07, 6.45) is 8.78. The van der Waals surface area contributed by atoms with Gasteiger partial charge in [0.25, 0.3) is 0 Å². The summed E-state index contributed by atoms with van der Waals surface area (Å²) in [4.78, 5) is 0. The lowest BCUT2D eigenvalue weighted by atomic mass is 10.1. The van der Waals surface area contributed by atoms with Gasteiger partial charge in [0.15, 0.2) is 0 Å². The van der Waals surface area contributed by atoms with E-state index >= 15 is 0 Å². The molecular formula is C10H18O. The first-order valence-electron chi connectivity index (χ1n) is 4.55. The molecule has 0 radical (unpaired) electrons. The van der Waals surface area contributed by atoms with Crippen LogP contribution in [0.25, 0.3) is 0 Å². The van der Waals surface area contributed by atoms with Crippen molar-refractivity contribution in [3.8, 4) is 0 Å². The van der Waals surface area contributed by atoms with Crippen molar-refractivity contribution in [2.24, 2.45) is 5.92 Å². The van der Waals surface area contributed by atoms with Crippen LogP contribution in [0.2, 0.25) is 0 Å². The summed E-state index contributed by atoms with van der Waals surface area (Å²) in [6.45, 7) is 5.49. The Labute approximate surface area is 69.4 Å². The molecule has 1 heteroatoms. The Morgan fingerprint density at radius 1 is 1.45 bits per heavy atom. The molecule has 1 rings (SSSR count). The molecule has 0 saturated carbocycles. The molecule has 0 aliphatic carbocycles. The van der Waals surface area contributed by atoms with E-state index in [4.69, 9.17) is 4.74 Å². The van der Waals surface area contributed by atoms with E-state index in [1.54, 1.807) is 0 Å². The van der Waals surface area contributed by atoms with Crippen molar-refractivity contribution in [1.82, 2.24) is 0 Å². The fourth-order valence-corrected chi connectivity index (χ4v) is 1.00. The lowest BCUT2D eigenvalue weighted by Gasteiger charge is -1.95. The maximum atomic E-state index is 5.10. The second-order valence-corrected chi connectivity index (χ2v) is 3.63. The summed E-state index contributed by atoms with van der Waals surface area (Å²) in [5, 5.41) is 0. The van der Waals surface area contributed by atoms with Crippen LogP contribution >= 0.6 is 0 Å². The highest BCUT2D eigenvalue weighted by atomic mass is 16.6. The Bertz CT molecular complexity index is 123. The van der Waals surface area contributed by atoms with Crippen LogP contribution in [0.3, 0.4) is 0 Å². The number of ether oxygens (including phenoxy) is 1. The topological polar surface area (TPSA) is 12.5 Å². The van der Waals surface area contributed by atoms with Crippen LogP contribution in [0.15, 0.2) is 12.2 Å². The molecule has 0 aromatic heterocycles. The van der Waals surface area contributed by atoms with Gasteiger partial charge in [-0.25, -0.2) is 0 Å². The molecule has 64 valence electrons. The van der Waals surface area contributed by atoms with Crippen molar-refractivity contribution in [2.45, 2.75) is 39.2 Å². The molecular weight excluding hydrogens is 136 g/mol. The molecule has 1 fully saturated rings. The molecule has 11 heavy (non-hydrogen) atoms. The van der Waals surface area contributed by atoms with Crippen LogP contribution in [-0.2, 0) is 4.74 Å². The number of rotatable bonds is 5. The maximum Gasteiger partial charge on any atom is 0.0812 e. The van der Waals surface area contributed by atoms with Gasteiger partial charge in [0.2, 0.25) is 0 Å². The summed E-state index contributed by atoms with van der Waals surface area (Å²) in [6, 6.07) is 0. The molecule has 0 aromatic carbocycles. The third kappa shape index (κ3) is 5.02. The van der Waals surface area contributed by atoms with Crippen LogP contribution in [0.5, 0.6) is 0 Å². The highest BCUT2D eigenvalue weighted by Gasteiger charge is 2.20. The van der Waals surface area contributed by atoms with Crippen molar-refractivity contribution >= 4 is 0 Å². The molecule has 1 atom stereocenters. The summed E-state index contributed by atoms with van der Waals surface area (Å²) < 4.78 is 5.10. The lowest BCUT2D eigenvalue weighted by Crippen LogP contribution is -1.83. The van der Waals surface area contributed by atoms with Gasteiger partial charge in [-0.2, -0.15) is 0 Å². The molecule has 1 saturated heterocycles. The van der Waals surface area contributed by atoms with Gasteiger partial charge < -0.3 is 4.74 Å². The average molecular weight is 154 g/mol. The highest BCUT2D eigenvalue weighted by molar-refractivity contribution is 4.84. The molecule has 1 nitrogen and oxygen atoms in total. The summed E-state index contributed by atoms with van der Waals surface area (Å²) >= 11 is 0. The first-order valence-corrected chi connectivity index (χ1v) is 4.55. The second kappa shape index (κ2) is 4.55. The number of allylic oxidation sites excluding steroid dienone is 2. The standard InChI is InChI=1S/C10H18O/c1-9(2)6-4-3-5-7-10-8-11-10/h3-4,9-10H,5-8H2,1-2H3/b4-3+. The van der Waals surface area contributed by atoms with E-state index in [0.717, 1.165) is 12.5 Å². The fourth-order valence-electron chi connectivity index (χ4n) is 1.00. The van der Waals surface area contributed by atoms with Crippen LogP contribution < -0.4 is 0 Å². The van der Waals surface area contributed by atoms with E-state index in [9.17, 15) is 0 Å².